The molecule has 0 saturated carbocycles. The van der Waals surface area contributed by atoms with Crippen molar-refractivity contribution in [3.63, 3.8) is 0 Å². The number of nitrogens with zero attached hydrogens (tertiary/aromatic N) is 2. The van der Waals surface area contributed by atoms with Gasteiger partial charge >= 0.3 is 0 Å². The number of imidazole rings is 1. The maximum absolute atomic E-state index is 6.37. The van der Waals surface area contributed by atoms with E-state index in [1.807, 2.05) is 0 Å². The van der Waals surface area contributed by atoms with Crippen LogP contribution < -0.4 is 5.73 Å². The van der Waals surface area contributed by atoms with Crippen molar-refractivity contribution in [2.45, 2.75) is 53.5 Å². The summed E-state index contributed by atoms with van der Waals surface area (Å²) in [5.74, 6) is 1.90. The van der Waals surface area contributed by atoms with Crippen molar-refractivity contribution in [2.24, 2.45) is 0 Å². The number of aromatic nitrogens is 2. The molecular formula is C17H25N3. The first kappa shape index (κ1) is 14.6. The van der Waals surface area contributed by atoms with Crippen molar-refractivity contribution in [3.05, 3.63) is 35.2 Å². The monoisotopic (exact) mass is 271 g/mol. The maximum atomic E-state index is 6.37. The Balaban J connectivity index is 2.52. The third-order valence-corrected chi connectivity index (χ3v) is 3.79. The van der Waals surface area contributed by atoms with Crippen LogP contribution in [0.5, 0.6) is 0 Å². The lowest BCUT2D eigenvalue weighted by atomic mass is 10.0. The van der Waals surface area contributed by atoms with E-state index in [2.05, 4.69) is 50.5 Å². The van der Waals surface area contributed by atoms with E-state index in [0.717, 1.165) is 42.3 Å². The Labute approximate surface area is 121 Å². The molecule has 0 bridgehead atoms. The fraction of sp³-hybridized carbons (Fsp3) is 0.471. The lowest BCUT2D eigenvalue weighted by molar-refractivity contribution is 0.612. The van der Waals surface area contributed by atoms with Crippen molar-refractivity contribution in [3.8, 4) is 11.3 Å². The molecule has 0 radical (unpaired) electrons. The number of unbranched alkanes of at least 4 members (excludes halogenated alkanes) is 1. The first-order chi connectivity index (χ1) is 9.58. The van der Waals surface area contributed by atoms with E-state index in [1.165, 1.54) is 17.5 Å². The molecule has 0 amide bonds. The van der Waals surface area contributed by atoms with Gasteiger partial charge in [0, 0.05) is 18.5 Å². The van der Waals surface area contributed by atoms with Gasteiger partial charge in [-0.2, -0.15) is 0 Å². The Kier molecular flexibility index (Phi) is 4.48. The predicted octanol–water partition coefficient (Wildman–Crippen LogP) is 4.11. The number of aryl methyl sites for hydroxylation is 3. The SMILES string of the molecule is CCCCn1c(CC)nc(-c2cc(C)ccc2C)c1N. The van der Waals surface area contributed by atoms with E-state index in [4.69, 9.17) is 10.7 Å². The van der Waals surface area contributed by atoms with Crippen LogP contribution in [0, 0.1) is 13.8 Å². The number of rotatable bonds is 5. The standard InChI is InChI=1S/C17H25N3/c1-5-7-10-20-15(6-2)19-16(17(20)18)14-11-12(3)8-9-13(14)4/h8-9,11H,5-7,10,18H2,1-4H3. The quantitative estimate of drug-likeness (QED) is 0.889. The Morgan fingerprint density at radius 3 is 2.60 bits per heavy atom. The number of hydrogen-bond donors (Lipinski definition) is 1. The van der Waals surface area contributed by atoms with Crippen LogP contribution in [0.3, 0.4) is 0 Å². The summed E-state index contributed by atoms with van der Waals surface area (Å²) in [6, 6.07) is 6.45. The van der Waals surface area contributed by atoms with Gasteiger partial charge in [0.25, 0.3) is 0 Å². The van der Waals surface area contributed by atoms with Crippen LogP contribution in [0.2, 0.25) is 0 Å². The summed E-state index contributed by atoms with van der Waals surface area (Å²) in [5, 5.41) is 0. The molecule has 3 heteroatoms. The van der Waals surface area contributed by atoms with Gasteiger partial charge in [0.15, 0.2) is 0 Å². The average molecular weight is 271 g/mol. The van der Waals surface area contributed by atoms with Crippen LogP contribution >= 0.6 is 0 Å². The van der Waals surface area contributed by atoms with E-state index in [0.29, 0.717) is 0 Å². The molecule has 1 aromatic heterocycles. The van der Waals surface area contributed by atoms with Crippen molar-refractivity contribution in [1.82, 2.24) is 9.55 Å². The highest BCUT2D eigenvalue weighted by Crippen LogP contribution is 2.30. The van der Waals surface area contributed by atoms with Crippen LogP contribution in [0.1, 0.15) is 43.6 Å². The molecule has 0 aliphatic heterocycles. The molecular weight excluding hydrogens is 246 g/mol. The zero-order valence-electron chi connectivity index (χ0n) is 13.0. The van der Waals surface area contributed by atoms with Crippen LogP contribution in [-0.4, -0.2) is 9.55 Å². The van der Waals surface area contributed by atoms with Crippen LogP contribution in [0.4, 0.5) is 5.82 Å². The smallest absolute Gasteiger partial charge is 0.131 e. The van der Waals surface area contributed by atoms with E-state index in [9.17, 15) is 0 Å². The summed E-state index contributed by atoms with van der Waals surface area (Å²) in [7, 11) is 0. The van der Waals surface area contributed by atoms with Gasteiger partial charge in [0.2, 0.25) is 0 Å². The Bertz CT molecular complexity index is 597. The topological polar surface area (TPSA) is 43.8 Å². The summed E-state index contributed by atoms with van der Waals surface area (Å²) in [5.41, 5.74) is 10.9. The Morgan fingerprint density at radius 2 is 1.95 bits per heavy atom. The summed E-state index contributed by atoms with van der Waals surface area (Å²) in [4.78, 5) is 4.79. The van der Waals surface area contributed by atoms with E-state index in [-0.39, 0.29) is 0 Å². The lowest BCUT2D eigenvalue weighted by Gasteiger charge is -2.09. The molecule has 0 fully saturated rings. The van der Waals surface area contributed by atoms with Crippen LogP contribution in [0.25, 0.3) is 11.3 Å². The minimum atomic E-state index is 0.809. The van der Waals surface area contributed by atoms with E-state index in [1.54, 1.807) is 0 Å². The first-order valence-corrected chi connectivity index (χ1v) is 7.51. The molecule has 0 saturated heterocycles. The Hall–Kier alpha value is -1.77. The van der Waals surface area contributed by atoms with Gasteiger partial charge in [-0.1, -0.05) is 38.0 Å². The minimum Gasteiger partial charge on any atom is -0.383 e. The fourth-order valence-electron chi connectivity index (χ4n) is 2.54. The van der Waals surface area contributed by atoms with Crippen LogP contribution in [0.15, 0.2) is 18.2 Å². The molecule has 0 unspecified atom stereocenters. The number of benzene rings is 1. The lowest BCUT2D eigenvalue weighted by Crippen LogP contribution is -2.06. The molecule has 2 rings (SSSR count). The van der Waals surface area contributed by atoms with E-state index < -0.39 is 0 Å². The second-order valence-corrected chi connectivity index (χ2v) is 5.44. The molecule has 20 heavy (non-hydrogen) atoms. The molecule has 3 nitrogen and oxygen atoms in total. The molecule has 1 heterocycles. The molecule has 0 aliphatic carbocycles. The zero-order valence-corrected chi connectivity index (χ0v) is 13.0. The van der Waals surface area contributed by atoms with Gasteiger partial charge in [-0.3, -0.25) is 0 Å². The minimum absolute atomic E-state index is 0.809. The van der Waals surface area contributed by atoms with Gasteiger partial charge in [0.1, 0.15) is 17.3 Å². The summed E-state index contributed by atoms with van der Waals surface area (Å²) in [6.45, 7) is 9.52. The van der Waals surface area contributed by atoms with Crippen molar-refractivity contribution in [2.75, 3.05) is 5.73 Å². The third kappa shape index (κ3) is 2.72. The highest BCUT2D eigenvalue weighted by atomic mass is 15.1. The Morgan fingerprint density at radius 1 is 1.20 bits per heavy atom. The molecule has 0 atom stereocenters. The van der Waals surface area contributed by atoms with Gasteiger partial charge in [-0.05, 0) is 31.9 Å². The third-order valence-electron chi connectivity index (χ3n) is 3.79. The van der Waals surface area contributed by atoms with Crippen molar-refractivity contribution < 1.29 is 0 Å². The molecule has 0 aliphatic rings. The molecule has 2 aromatic rings. The van der Waals surface area contributed by atoms with Gasteiger partial charge in [0.05, 0.1) is 0 Å². The van der Waals surface area contributed by atoms with Crippen LogP contribution in [-0.2, 0) is 13.0 Å². The number of hydrogen-bond acceptors (Lipinski definition) is 2. The van der Waals surface area contributed by atoms with Crippen molar-refractivity contribution in [1.29, 1.82) is 0 Å². The zero-order chi connectivity index (χ0) is 14.7. The highest BCUT2D eigenvalue weighted by Gasteiger charge is 2.16. The number of anilines is 1. The van der Waals surface area contributed by atoms with Gasteiger partial charge in [-0.15, -0.1) is 0 Å². The highest BCUT2D eigenvalue weighted by molar-refractivity contribution is 5.74. The maximum Gasteiger partial charge on any atom is 0.131 e. The van der Waals surface area contributed by atoms with Crippen molar-refractivity contribution >= 4 is 5.82 Å². The van der Waals surface area contributed by atoms with Gasteiger partial charge in [-0.25, -0.2) is 4.98 Å². The first-order valence-electron chi connectivity index (χ1n) is 7.51. The largest absolute Gasteiger partial charge is 0.383 e. The number of nitrogens with two attached hydrogens (primary N) is 1. The molecule has 0 spiro atoms. The fourth-order valence-corrected chi connectivity index (χ4v) is 2.54. The van der Waals surface area contributed by atoms with Gasteiger partial charge < -0.3 is 10.3 Å². The predicted molar refractivity (Wildman–Crippen MR) is 85.8 cm³/mol. The molecule has 108 valence electrons. The molecule has 1 aromatic carbocycles. The average Bonchev–Trinajstić information content (AvgIpc) is 2.75. The second kappa shape index (κ2) is 6.12. The summed E-state index contributed by atoms with van der Waals surface area (Å²) < 4.78 is 2.18. The molecule has 2 N–H and O–H groups in total. The summed E-state index contributed by atoms with van der Waals surface area (Å²) >= 11 is 0. The van der Waals surface area contributed by atoms with E-state index >= 15 is 0 Å². The number of nitrogen functional groups attached to an aromatic ring is 1. The normalized spacial score (nSPS) is 11.0. The summed E-state index contributed by atoms with van der Waals surface area (Å²) in [6.07, 6.45) is 3.22. The second-order valence-electron chi connectivity index (χ2n) is 5.44.